The molecule has 5 nitrogen and oxygen atoms in total. The summed E-state index contributed by atoms with van der Waals surface area (Å²) < 4.78 is 4.85. The smallest absolute Gasteiger partial charge is 0.134 e. The predicted molar refractivity (Wildman–Crippen MR) is 47.1 cm³/mol. The number of nitrogens with zero attached hydrogens (tertiary/aromatic N) is 1. The largest absolute Gasteiger partial charge is 0.403 e. The summed E-state index contributed by atoms with van der Waals surface area (Å²) in [5.41, 5.74) is 9.36. The number of nitrogens with one attached hydrogen (secondary N) is 1. The first-order chi connectivity index (χ1) is 6.22. The van der Waals surface area contributed by atoms with Crippen molar-refractivity contribution in [2.24, 2.45) is 5.73 Å². The molecule has 72 valence electrons. The van der Waals surface area contributed by atoms with Crippen molar-refractivity contribution >= 4 is 0 Å². The fourth-order valence-corrected chi connectivity index (χ4v) is 0.744. The van der Waals surface area contributed by atoms with E-state index in [0.29, 0.717) is 6.61 Å². The van der Waals surface area contributed by atoms with Crippen LogP contribution in [0, 0.1) is 6.92 Å². The Morgan fingerprint density at radius 3 is 3.15 bits per heavy atom. The summed E-state index contributed by atoms with van der Waals surface area (Å²) >= 11 is 0. The normalized spacial score (nSPS) is 11.7. The molecule has 0 saturated carbocycles. The third-order valence-electron chi connectivity index (χ3n) is 1.38. The standard InChI is InChI=1S/C8H13N3O2/c1-6(4-9)10-12-5-8-3-7(2)13-11-8/h3-4,10H,5,9H2,1-2H3/b6-4-. The summed E-state index contributed by atoms with van der Waals surface area (Å²) in [6.07, 6.45) is 1.42. The molecule has 3 N–H and O–H groups in total. The number of hydrogen-bond donors (Lipinski definition) is 2. The van der Waals surface area contributed by atoms with Crippen LogP contribution in [-0.4, -0.2) is 5.16 Å². The number of aromatic nitrogens is 1. The van der Waals surface area contributed by atoms with Gasteiger partial charge in [-0.3, -0.25) is 10.3 Å². The molecule has 5 heteroatoms. The SMILES string of the molecule is C/C(=C/N)NOCc1cc(C)on1. The van der Waals surface area contributed by atoms with Crippen molar-refractivity contribution in [2.75, 3.05) is 0 Å². The summed E-state index contributed by atoms with van der Waals surface area (Å²) in [5, 5.41) is 3.75. The zero-order valence-electron chi connectivity index (χ0n) is 7.70. The maximum Gasteiger partial charge on any atom is 0.134 e. The first-order valence-electron chi connectivity index (χ1n) is 3.91. The second kappa shape index (κ2) is 4.51. The number of aryl methyl sites for hydroxylation is 1. The van der Waals surface area contributed by atoms with Gasteiger partial charge in [0.05, 0.1) is 5.70 Å². The quantitative estimate of drug-likeness (QED) is 0.676. The lowest BCUT2D eigenvalue weighted by Gasteiger charge is -2.03. The van der Waals surface area contributed by atoms with Gasteiger partial charge in [-0.2, -0.15) is 0 Å². The molecule has 0 spiro atoms. The molecule has 1 aromatic heterocycles. The summed E-state index contributed by atoms with van der Waals surface area (Å²) in [7, 11) is 0. The molecule has 0 amide bonds. The van der Waals surface area contributed by atoms with Crippen molar-refractivity contribution < 1.29 is 9.36 Å². The maximum absolute atomic E-state index is 5.22. The molecule has 1 aromatic rings. The fraction of sp³-hybridized carbons (Fsp3) is 0.375. The van der Waals surface area contributed by atoms with E-state index in [1.807, 2.05) is 13.0 Å². The van der Waals surface area contributed by atoms with Crippen LogP contribution in [0.3, 0.4) is 0 Å². The lowest BCUT2D eigenvalue weighted by atomic mass is 10.4. The van der Waals surface area contributed by atoms with Gasteiger partial charge in [-0.1, -0.05) is 5.16 Å². The van der Waals surface area contributed by atoms with Crippen LogP contribution in [0.2, 0.25) is 0 Å². The highest BCUT2D eigenvalue weighted by molar-refractivity contribution is 5.01. The molecule has 13 heavy (non-hydrogen) atoms. The summed E-state index contributed by atoms with van der Waals surface area (Å²) in [6, 6.07) is 1.81. The highest BCUT2D eigenvalue weighted by Crippen LogP contribution is 2.02. The summed E-state index contributed by atoms with van der Waals surface area (Å²) in [6.45, 7) is 3.98. The van der Waals surface area contributed by atoms with Gasteiger partial charge in [0.15, 0.2) is 0 Å². The second-order valence-corrected chi connectivity index (χ2v) is 2.67. The molecule has 1 heterocycles. The molecule has 0 aliphatic heterocycles. The van der Waals surface area contributed by atoms with Crippen molar-refractivity contribution in [2.45, 2.75) is 20.5 Å². The molecule has 0 bridgehead atoms. The van der Waals surface area contributed by atoms with Crippen LogP contribution in [-0.2, 0) is 11.4 Å². The molecular formula is C8H13N3O2. The van der Waals surface area contributed by atoms with Gasteiger partial charge in [-0.15, -0.1) is 0 Å². The molecule has 0 radical (unpaired) electrons. The average Bonchev–Trinajstić information content (AvgIpc) is 2.51. The molecular weight excluding hydrogens is 170 g/mol. The van der Waals surface area contributed by atoms with Gasteiger partial charge in [0.2, 0.25) is 0 Å². The van der Waals surface area contributed by atoms with Crippen LogP contribution in [0.5, 0.6) is 0 Å². The topological polar surface area (TPSA) is 73.3 Å². The minimum absolute atomic E-state index is 0.350. The predicted octanol–water partition coefficient (Wildman–Crippen LogP) is 0.824. The maximum atomic E-state index is 5.22. The van der Waals surface area contributed by atoms with Crippen LogP contribution in [0.25, 0.3) is 0 Å². The number of hydrogen-bond acceptors (Lipinski definition) is 5. The van der Waals surface area contributed by atoms with E-state index in [-0.39, 0.29) is 0 Å². The van der Waals surface area contributed by atoms with Crippen molar-refractivity contribution in [1.82, 2.24) is 10.6 Å². The van der Waals surface area contributed by atoms with Crippen molar-refractivity contribution in [3.8, 4) is 0 Å². The van der Waals surface area contributed by atoms with Gasteiger partial charge in [0.25, 0.3) is 0 Å². The van der Waals surface area contributed by atoms with Crippen LogP contribution < -0.4 is 11.2 Å². The molecule has 0 saturated heterocycles. The molecule has 0 unspecified atom stereocenters. The zero-order valence-corrected chi connectivity index (χ0v) is 7.70. The van der Waals surface area contributed by atoms with Gasteiger partial charge in [0, 0.05) is 12.3 Å². The van der Waals surface area contributed by atoms with Crippen molar-refractivity contribution in [1.29, 1.82) is 0 Å². The van der Waals surface area contributed by atoms with E-state index < -0.39 is 0 Å². The Balaban J connectivity index is 2.28. The van der Waals surface area contributed by atoms with E-state index >= 15 is 0 Å². The van der Waals surface area contributed by atoms with Crippen LogP contribution in [0.4, 0.5) is 0 Å². The molecule has 1 rings (SSSR count). The first-order valence-corrected chi connectivity index (χ1v) is 3.91. The Morgan fingerprint density at radius 1 is 1.85 bits per heavy atom. The summed E-state index contributed by atoms with van der Waals surface area (Å²) in [4.78, 5) is 5.06. The molecule has 0 atom stereocenters. The van der Waals surface area contributed by atoms with Gasteiger partial charge < -0.3 is 10.3 Å². The fourth-order valence-electron chi connectivity index (χ4n) is 0.744. The minimum Gasteiger partial charge on any atom is -0.403 e. The van der Waals surface area contributed by atoms with Crippen LogP contribution in [0.1, 0.15) is 18.4 Å². The number of nitrogens with two attached hydrogens (primary N) is 1. The lowest BCUT2D eigenvalue weighted by Crippen LogP contribution is -2.13. The molecule has 0 aromatic carbocycles. The highest BCUT2D eigenvalue weighted by Gasteiger charge is 1.99. The van der Waals surface area contributed by atoms with Gasteiger partial charge in [-0.05, 0) is 13.8 Å². The zero-order chi connectivity index (χ0) is 9.68. The third kappa shape index (κ3) is 3.16. The third-order valence-corrected chi connectivity index (χ3v) is 1.38. The Kier molecular flexibility index (Phi) is 3.33. The van der Waals surface area contributed by atoms with Crippen LogP contribution in [0.15, 0.2) is 22.5 Å². The lowest BCUT2D eigenvalue weighted by molar-refractivity contribution is 0.0455. The first kappa shape index (κ1) is 9.60. The summed E-state index contributed by atoms with van der Waals surface area (Å²) in [5.74, 6) is 0.768. The number of allylic oxidation sites excluding steroid dienone is 1. The van der Waals surface area contributed by atoms with Gasteiger partial charge in [-0.25, -0.2) is 0 Å². The highest BCUT2D eigenvalue weighted by atomic mass is 16.6. The van der Waals surface area contributed by atoms with Gasteiger partial charge >= 0.3 is 0 Å². The van der Waals surface area contributed by atoms with E-state index in [4.69, 9.17) is 15.1 Å². The van der Waals surface area contributed by atoms with Gasteiger partial charge in [0.1, 0.15) is 18.1 Å². The van der Waals surface area contributed by atoms with Crippen molar-refractivity contribution in [3.63, 3.8) is 0 Å². The second-order valence-electron chi connectivity index (χ2n) is 2.67. The molecule has 0 fully saturated rings. The monoisotopic (exact) mass is 183 g/mol. The Hall–Kier alpha value is -1.49. The van der Waals surface area contributed by atoms with E-state index in [1.54, 1.807) is 6.92 Å². The van der Waals surface area contributed by atoms with E-state index in [9.17, 15) is 0 Å². The Bertz CT molecular complexity index is 293. The number of hydroxylamine groups is 1. The Morgan fingerprint density at radius 2 is 2.62 bits per heavy atom. The van der Waals surface area contributed by atoms with E-state index in [1.165, 1.54) is 6.20 Å². The number of rotatable bonds is 4. The van der Waals surface area contributed by atoms with Crippen molar-refractivity contribution in [3.05, 3.63) is 29.4 Å². The molecule has 0 aliphatic rings. The minimum atomic E-state index is 0.350. The molecule has 0 aliphatic carbocycles. The van der Waals surface area contributed by atoms with Crippen LogP contribution >= 0.6 is 0 Å². The average molecular weight is 183 g/mol. The van der Waals surface area contributed by atoms with E-state index in [0.717, 1.165) is 17.2 Å². The Labute approximate surface area is 76.5 Å². The van der Waals surface area contributed by atoms with E-state index in [2.05, 4.69) is 10.6 Å².